The number of nitriles is 2. The summed E-state index contributed by atoms with van der Waals surface area (Å²) in [5, 5.41) is 21.4. The Morgan fingerprint density at radius 1 is 0.897 bits per heavy atom. The molecule has 0 amide bonds. The molecule has 4 rings (SSSR count). The van der Waals surface area contributed by atoms with Crippen molar-refractivity contribution in [1.29, 1.82) is 10.5 Å². The summed E-state index contributed by atoms with van der Waals surface area (Å²) in [6, 6.07) is 28.9. The zero-order valence-electron chi connectivity index (χ0n) is 22.5. The minimum Gasteiger partial charge on any atom is -0.289 e. The third kappa shape index (κ3) is 7.17. The van der Waals surface area contributed by atoms with E-state index in [1.165, 1.54) is 5.57 Å². The third-order valence-corrected chi connectivity index (χ3v) is 6.60. The van der Waals surface area contributed by atoms with Gasteiger partial charge >= 0.3 is 0 Å². The zero-order chi connectivity index (χ0) is 27.5. The summed E-state index contributed by atoms with van der Waals surface area (Å²) >= 11 is 0. The first-order chi connectivity index (χ1) is 19.1. The second-order valence-electron chi connectivity index (χ2n) is 9.37. The average molecular weight is 509 g/mol. The fourth-order valence-corrected chi connectivity index (χ4v) is 4.60. The molecule has 4 aromatic rings. The molecule has 0 aliphatic rings. The Labute approximate surface area is 231 Å². The van der Waals surface area contributed by atoms with Gasteiger partial charge in [-0.15, -0.1) is 0 Å². The topological polar surface area (TPSA) is 63.7 Å². The Morgan fingerprint density at radius 3 is 2.49 bits per heavy atom. The molecule has 0 fully saturated rings. The Bertz CT molecular complexity index is 1590. The number of allylic oxidation sites excluding steroid dienone is 4. The molecule has 3 aromatic carbocycles. The largest absolute Gasteiger partial charge is 0.289 e. The first-order valence-corrected chi connectivity index (χ1v) is 13.2. The van der Waals surface area contributed by atoms with E-state index >= 15 is 0 Å². The summed E-state index contributed by atoms with van der Waals surface area (Å²) in [4.78, 5) is 6.86. The Kier molecular flexibility index (Phi) is 9.57. The van der Waals surface area contributed by atoms with Gasteiger partial charge in [-0.2, -0.15) is 10.5 Å². The Morgan fingerprint density at radius 2 is 1.74 bits per heavy atom. The predicted molar refractivity (Wildman–Crippen MR) is 159 cm³/mol. The van der Waals surface area contributed by atoms with E-state index in [0.29, 0.717) is 24.2 Å². The van der Waals surface area contributed by atoms with Crippen LogP contribution in [-0.2, 0) is 13.1 Å². The van der Waals surface area contributed by atoms with Gasteiger partial charge in [0, 0.05) is 31.4 Å². The lowest BCUT2D eigenvalue weighted by Gasteiger charge is -2.23. The number of benzene rings is 3. The number of hydrogen-bond acceptors (Lipinski definition) is 4. The van der Waals surface area contributed by atoms with E-state index in [4.69, 9.17) is 5.26 Å². The first kappa shape index (κ1) is 27.3. The van der Waals surface area contributed by atoms with Crippen LogP contribution >= 0.6 is 0 Å². The molecule has 0 aliphatic heterocycles. The van der Waals surface area contributed by atoms with Crippen molar-refractivity contribution in [3.8, 4) is 23.3 Å². The van der Waals surface area contributed by atoms with Crippen LogP contribution in [-0.4, -0.2) is 16.4 Å². The number of pyridine rings is 1. The standard InChI is InChI=1S/C35H32N4/c1-3-5-6-7-11-27(4-2)24-39(26-32-19-17-29(21-36)23-38-32)25-28-16-18-31(22-37)35(20-28)34-15-10-13-30-12-8-9-14-33(30)34/h4-20,23H,3,24-26H2,1-2H3/b6-5+,11-7-,27-4+. The molecule has 0 unspecified atom stereocenters. The molecule has 0 aliphatic carbocycles. The molecule has 1 heterocycles. The number of hydrogen-bond donors (Lipinski definition) is 0. The van der Waals surface area contributed by atoms with E-state index < -0.39 is 0 Å². The smallest absolute Gasteiger partial charge is 0.101 e. The molecule has 0 atom stereocenters. The molecular weight excluding hydrogens is 476 g/mol. The van der Waals surface area contributed by atoms with Crippen molar-refractivity contribution in [1.82, 2.24) is 9.88 Å². The minimum atomic E-state index is 0.553. The van der Waals surface area contributed by atoms with Crippen LogP contribution in [0.15, 0.2) is 115 Å². The van der Waals surface area contributed by atoms with Gasteiger partial charge in [-0.3, -0.25) is 9.88 Å². The van der Waals surface area contributed by atoms with Crippen molar-refractivity contribution in [3.05, 3.63) is 137 Å². The van der Waals surface area contributed by atoms with Crippen LogP contribution in [0.25, 0.3) is 21.9 Å². The first-order valence-electron chi connectivity index (χ1n) is 13.2. The van der Waals surface area contributed by atoms with Crippen molar-refractivity contribution in [2.75, 3.05) is 6.54 Å². The van der Waals surface area contributed by atoms with E-state index in [0.717, 1.165) is 46.1 Å². The monoisotopic (exact) mass is 508 g/mol. The molecule has 4 heteroatoms. The number of fused-ring (bicyclic) bond motifs is 1. The lowest BCUT2D eigenvalue weighted by molar-refractivity contribution is 0.278. The van der Waals surface area contributed by atoms with Crippen molar-refractivity contribution < 1.29 is 0 Å². The maximum atomic E-state index is 9.92. The average Bonchev–Trinajstić information content (AvgIpc) is 2.98. The molecular formula is C35H32N4. The highest BCUT2D eigenvalue weighted by molar-refractivity contribution is 5.97. The van der Waals surface area contributed by atoms with E-state index in [-0.39, 0.29) is 0 Å². The van der Waals surface area contributed by atoms with Crippen LogP contribution < -0.4 is 0 Å². The Hall–Kier alpha value is -4.77. The van der Waals surface area contributed by atoms with E-state index in [1.807, 2.05) is 42.5 Å². The fourth-order valence-electron chi connectivity index (χ4n) is 4.60. The summed E-state index contributed by atoms with van der Waals surface area (Å²) in [6.07, 6.45) is 13.2. The predicted octanol–water partition coefficient (Wildman–Crippen LogP) is 8.12. The van der Waals surface area contributed by atoms with Gasteiger partial charge in [0.15, 0.2) is 0 Å². The highest BCUT2D eigenvalue weighted by Gasteiger charge is 2.14. The van der Waals surface area contributed by atoms with Gasteiger partial charge in [-0.1, -0.05) is 85.8 Å². The molecule has 0 radical (unpaired) electrons. The van der Waals surface area contributed by atoms with Crippen LogP contribution in [0.2, 0.25) is 0 Å². The number of nitrogens with zero attached hydrogens (tertiary/aromatic N) is 4. The second kappa shape index (κ2) is 13.7. The summed E-state index contributed by atoms with van der Waals surface area (Å²) in [7, 11) is 0. The van der Waals surface area contributed by atoms with E-state index in [1.54, 1.807) is 6.20 Å². The fraction of sp³-hybridized carbons (Fsp3) is 0.171. The summed E-state index contributed by atoms with van der Waals surface area (Å²) in [5.74, 6) is 0. The highest BCUT2D eigenvalue weighted by atomic mass is 15.1. The van der Waals surface area contributed by atoms with E-state index in [2.05, 4.69) is 96.6 Å². The molecule has 39 heavy (non-hydrogen) atoms. The molecule has 0 spiro atoms. The third-order valence-electron chi connectivity index (χ3n) is 6.60. The van der Waals surface area contributed by atoms with Crippen molar-refractivity contribution in [3.63, 3.8) is 0 Å². The minimum absolute atomic E-state index is 0.553. The van der Waals surface area contributed by atoms with Gasteiger partial charge in [-0.05, 0) is 65.1 Å². The molecule has 4 nitrogen and oxygen atoms in total. The van der Waals surface area contributed by atoms with Gasteiger partial charge in [0.25, 0.3) is 0 Å². The van der Waals surface area contributed by atoms with Crippen LogP contribution in [0.1, 0.15) is 42.7 Å². The highest BCUT2D eigenvalue weighted by Crippen LogP contribution is 2.32. The molecule has 0 bridgehead atoms. The van der Waals surface area contributed by atoms with Crippen molar-refractivity contribution in [2.24, 2.45) is 0 Å². The van der Waals surface area contributed by atoms with Crippen LogP contribution in [0.3, 0.4) is 0 Å². The lowest BCUT2D eigenvalue weighted by Crippen LogP contribution is -2.25. The van der Waals surface area contributed by atoms with Crippen LogP contribution in [0.4, 0.5) is 0 Å². The zero-order valence-corrected chi connectivity index (χ0v) is 22.5. The van der Waals surface area contributed by atoms with Crippen LogP contribution in [0, 0.1) is 22.7 Å². The molecule has 0 N–H and O–H groups in total. The van der Waals surface area contributed by atoms with Gasteiger partial charge in [0.05, 0.1) is 22.9 Å². The maximum Gasteiger partial charge on any atom is 0.101 e. The summed E-state index contributed by atoms with van der Waals surface area (Å²) in [5.41, 5.74) is 6.45. The van der Waals surface area contributed by atoms with Gasteiger partial charge in [-0.25, -0.2) is 0 Å². The molecule has 1 aromatic heterocycles. The van der Waals surface area contributed by atoms with Crippen molar-refractivity contribution >= 4 is 10.8 Å². The van der Waals surface area contributed by atoms with Gasteiger partial charge in [0.1, 0.15) is 6.07 Å². The Balaban J connectivity index is 1.68. The molecule has 0 saturated carbocycles. The normalized spacial score (nSPS) is 11.9. The van der Waals surface area contributed by atoms with E-state index in [9.17, 15) is 5.26 Å². The van der Waals surface area contributed by atoms with Gasteiger partial charge in [0.2, 0.25) is 0 Å². The molecule has 192 valence electrons. The maximum absolute atomic E-state index is 9.92. The van der Waals surface area contributed by atoms with Gasteiger partial charge < -0.3 is 0 Å². The molecule has 0 saturated heterocycles. The number of aromatic nitrogens is 1. The second-order valence-corrected chi connectivity index (χ2v) is 9.37. The van der Waals surface area contributed by atoms with Crippen molar-refractivity contribution in [2.45, 2.75) is 33.4 Å². The summed E-state index contributed by atoms with van der Waals surface area (Å²) in [6.45, 7) is 6.23. The summed E-state index contributed by atoms with van der Waals surface area (Å²) < 4.78 is 0. The SMILES string of the molecule is C\C=C(/C=C\C=C\CC)CN(Cc1ccc(C#N)c(-c2cccc3ccccc23)c1)Cc1ccc(C#N)cn1. The number of rotatable bonds is 10. The lowest BCUT2D eigenvalue weighted by atomic mass is 9.93. The van der Waals surface area contributed by atoms with Crippen LogP contribution in [0.5, 0.6) is 0 Å². The quantitative estimate of drug-likeness (QED) is 0.203.